The number of anilines is 3. The van der Waals surface area contributed by atoms with Gasteiger partial charge in [0, 0.05) is 31.9 Å². The molecule has 25 heavy (non-hydrogen) atoms. The summed E-state index contributed by atoms with van der Waals surface area (Å²) in [5, 5.41) is 0. The van der Waals surface area contributed by atoms with Crippen molar-refractivity contribution in [3.8, 4) is 5.75 Å². The Morgan fingerprint density at radius 2 is 1.60 bits per heavy atom. The Bertz CT molecular complexity index is 755. The number of nitrogens with zero attached hydrogens (tertiary/aromatic N) is 2. The lowest BCUT2D eigenvalue weighted by molar-refractivity contribution is 0.0601. The molecule has 2 aromatic rings. The minimum absolute atomic E-state index is 0.366. The van der Waals surface area contributed by atoms with E-state index in [-0.39, 0.29) is 5.97 Å². The van der Waals surface area contributed by atoms with Gasteiger partial charge in [-0.15, -0.1) is 0 Å². The molecule has 2 N–H and O–H groups in total. The van der Waals surface area contributed by atoms with Gasteiger partial charge >= 0.3 is 5.97 Å². The van der Waals surface area contributed by atoms with Crippen LogP contribution in [-0.2, 0) is 4.74 Å². The molecule has 0 radical (unpaired) electrons. The Morgan fingerprint density at radius 3 is 2.24 bits per heavy atom. The van der Waals surface area contributed by atoms with Gasteiger partial charge in [0.2, 0.25) is 0 Å². The topological polar surface area (TPSA) is 68.0 Å². The Balaban J connectivity index is 1.78. The van der Waals surface area contributed by atoms with E-state index in [1.54, 1.807) is 13.2 Å². The van der Waals surface area contributed by atoms with Crippen molar-refractivity contribution in [3.63, 3.8) is 0 Å². The number of carbonyl (C=O) groups is 1. The molecule has 1 aliphatic heterocycles. The van der Waals surface area contributed by atoms with Crippen LogP contribution in [0.1, 0.15) is 10.4 Å². The molecule has 6 nitrogen and oxygen atoms in total. The van der Waals surface area contributed by atoms with E-state index >= 15 is 0 Å². The number of nitrogen functional groups attached to an aromatic ring is 1. The second kappa shape index (κ2) is 7.34. The average Bonchev–Trinajstić information content (AvgIpc) is 2.67. The average molecular weight is 341 g/mol. The molecule has 6 heteroatoms. The van der Waals surface area contributed by atoms with E-state index in [1.165, 1.54) is 7.11 Å². The van der Waals surface area contributed by atoms with Crippen LogP contribution in [-0.4, -0.2) is 46.4 Å². The van der Waals surface area contributed by atoms with Crippen molar-refractivity contribution in [2.45, 2.75) is 0 Å². The maximum Gasteiger partial charge on any atom is 0.340 e. The molecule has 0 aliphatic carbocycles. The van der Waals surface area contributed by atoms with Gasteiger partial charge < -0.3 is 25.0 Å². The quantitative estimate of drug-likeness (QED) is 0.680. The van der Waals surface area contributed by atoms with E-state index in [0.29, 0.717) is 11.3 Å². The molecule has 1 saturated heterocycles. The van der Waals surface area contributed by atoms with E-state index in [4.69, 9.17) is 15.2 Å². The van der Waals surface area contributed by atoms with Crippen LogP contribution in [0.25, 0.3) is 0 Å². The van der Waals surface area contributed by atoms with Crippen LogP contribution < -0.4 is 20.3 Å². The van der Waals surface area contributed by atoms with E-state index in [1.807, 2.05) is 30.3 Å². The third kappa shape index (κ3) is 3.47. The van der Waals surface area contributed by atoms with E-state index < -0.39 is 0 Å². The normalized spacial score (nSPS) is 14.3. The van der Waals surface area contributed by atoms with Gasteiger partial charge in [-0.2, -0.15) is 0 Å². The number of methoxy groups -OCH3 is 2. The summed E-state index contributed by atoms with van der Waals surface area (Å²) in [5.74, 6) is 0.508. The molecule has 1 aliphatic rings. The Hall–Kier alpha value is -2.89. The highest BCUT2D eigenvalue weighted by molar-refractivity contribution is 5.97. The molecule has 0 unspecified atom stereocenters. The maximum atomic E-state index is 12.1. The molecular formula is C19H23N3O3. The highest BCUT2D eigenvalue weighted by Crippen LogP contribution is 2.30. The molecule has 0 saturated carbocycles. The first kappa shape index (κ1) is 17.0. The highest BCUT2D eigenvalue weighted by atomic mass is 16.5. The predicted molar refractivity (Wildman–Crippen MR) is 99.6 cm³/mol. The van der Waals surface area contributed by atoms with Crippen molar-refractivity contribution in [1.29, 1.82) is 0 Å². The first-order chi connectivity index (χ1) is 12.1. The van der Waals surface area contributed by atoms with Crippen molar-refractivity contribution < 1.29 is 14.3 Å². The maximum absolute atomic E-state index is 12.1. The van der Waals surface area contributed by atoms with Gasteiger partial charge in [0.05, 0.1) is 31.2 Å². The van der Waals surface area contributed by atoms with Gasteiger partial charge in [-0.1, -0.05) is 12.1 Å². The zero-order valence-electron chi connectivity index (χ0n) is 14.6. The zero-order valence-corrected chi connectivity index (χ0v) is 14.6. The Morgan fingerprint density at radius 1 is 0.960 bits per heavy atom. The van der Waals surface area contributed by atoms with E-state index in [2.05, 4.69) is 15.9 Å². The minimum Gasteiger partial charge on any atom is -0.495 e. The van der Waals surface area contributed by atoms with Crippen molar-refractivity contribution >= 4 is 23.0 Å². The summed E-state index contributed by atoms with van der Waals surface area (Å²) >= 11 is 0. The molecule has 132 valence electrons. The second-order valence-electron chi connectivity index (χ2n) is 5.91. The van der Waals surface area contributed by atoms with Crippen molar-refractivity contribution in [1.82, 2.24) is 0 Å². The van der Waals surface area contributed by atoms with Crippen LogP contribution in [0.15, 0.2) is 42.5 Å². The first-order valence-corrected chi connectivity index (χ1v) is 8.25. The Kier molecular flexibility index (Phi) is 4.97. The molecule has 0 amide bonds. The monoisotopic (exact) mass is 341 g/mol. The fraction of sp³-hybridized carbons (Fsp3) is 0.316. The third-order valence-electron chi connectivity index (χ3n) is 4.47. The zero-order chi connectivity index (χ0) is 17.8. The molecular weight excluding hydrogens is 318 g/mol. The van der Waals surface area contributed by atoms with Gasteiger partial charge in [0.15, 0.2) is 0 Å². The summed E-state index contributed by atoms with van der Waals surface area (Å²) < 4.78 is 10.4. The summed E-state index contributed by atoms with van der Waals surface area (Å²) in [4.78, 5) is 16.6. The second-order valence-corrected chi connectivity index (χ2v) is 5.91. The number of hydrogen-bond donors (Lipinski definition) is 1. The van der Waals surface area contributed by atoms with Crippen molar-refractivity contribution in [2.75, 3.05) is 55.9 Å². The molecule has 0 aromatic heterocycles. The fourth-order valence-corrected chi connectivity index (χ4v) is 3.18. The van der Waals surface area contributed by atoms with Crippen molar-refractivity contribution in [3.05, 3.63) is 48.0 Å². The first-order valence-electron chi connectivity index (χ1n) is 8.25. The lowest BCUT2D eigenvalue weighted by Crippen LogP contribution is -2.47. The summed E-state index contributed by atoms with van der Waals surface area (Å²) in [6.45, 7) is 3.27. The fourth-order valence-electron chi connectivity index (χ4n) is 3.18. The summed E-state index contributed by atoms with van der Waals surface area (Å²) in [5.41, 5.74) is 8.85. The largest absolute Gasteiger partial charge is 0.495 e. The molecule has 2 aromatic carbocycles. The smallest absolute Gasteiger partial charge is 0.340 e. The van der Waals surface area contributed by atoms with Gasteiger partial charge in [-0.05, 0) is 30.3 Å². The number of piperazine rings is 1. The summed E-state index contributed by atoms with van der Waals surface area (Å²) in [6.07, 6.45) is 0. The molecule has 1 fully saturated rings. The molecule has 0 bridgehead atoms. The summed E-state index contributed by atoms with van der Waals surface area (Å²) in [7, 11) is 3.07. The lowest BCUT2D eigenvalue weighted by Gasteiger charge is -2.38. The number of rotatable bonds is 4. The van der Waals surface area contributed by atoms with Gasteiger partial charge in [0.1, 0.15) is 5.75 Å². The lowest BCUT2D eigenvalue weighted by atomic mass is 10.1. The molecule has 0 spiro atoms. The van der Waals surface area contributed by atoms with Crippen LogP contribution in [0.2, 0.25) is 0 Å². The number of carbonyl (C=O) groups excluding carboxylic acids is 1. The number of ether oxygens (including phenoxy) is 2. The van der Waals surface area contributed by atoms with Gasteiger partial charge in [-0.25, -0.2) is 4.79 Å². The van der Waals surface area contributed by atoms with E-state index in [9.17, 15) is 4.79 Å². The Labute approximate surface area is 147 Å². The molecule has 1 heterocycles. The van der Waals surface area contributed by atoms with Gasteiger partial charge in [-0.3, -0.25) is 0 Å². The minimum atomic E-state index is -0.366. The SMILES string of the molecule is COC(=O)c1cc(N)ccc1N1CCN(c2ccccc2OC)CC1. The van der Waals surface area contributed by atoms with Crippen LogP contribution in [0.4, 0.5) is 17.1 Å². The summed E-state index contributed by atoms with van der Waals surface area (Å²) in [6, 6.07) is 13.4. The van der Waals surface area contributed by atoms with Crippen LogP contribution in [0.3, 0.4) is 0 Å². The number of nitrogens with two attached hydrogens (primary N) is 1. The van der Waals surface area contributed by atoms with Crippen molar-refractivity contribution in [2.24, 2.45) is 0 Å². The molecule has 0 atom stereocenters. The van der Waals surface area contributed by atoms with Crippen LogP contribution >= 0.6 is 0 Å². The van der Waals surface area contributed by atoms with E-state index in [0.717, 1.165) is 43.3 Å². The number of benzene rings is 2. The highest BCUT2D eigenvalue weighted by Gasteiger charge is 2.23. The predicted octanol–water partition coefficient (Wildman–Crippen LogP) is 2.39. The van der Waals surface area contributed by atoms with Crippen LogP contribution in [0.5, 0.6) is 5.75 Å². The number of esters is 1. The van der Waals surface area contributed by atoms with Crippen LogP contribution in [0, 0.1) is 0 Å². The third-order valence-corrected chi connectivity index (χ3v) is 4.47. The van der Waals surface area contributed by atoms with Gasteiger partial charge in [0.25, 0.3) is 0 Å². The number of hydrogen-bond acceptors (Lipinski definition) is 6. The molecule has 3 rings (SSSR count). The number of para-hydroxylation sites is 2. The standard InChI is InChI=1S/C19H23N3O3/c1-24-18-6-4-3-5-17(18)22-11-9-21(10-12-22)16-8-7-14(20)13-15(16)19(23)25-2/h3-8,13H,9-12,20H2,1-2H3.